The fourth-order valence-electron chi connectivity index (χ4n) is 2.89. The van der Waals surface area contributed by atoms with Gasteiger partial charge in [-0.1, -0.05) is 6.92 Å². The summed E-state index contributed by atoms with van der Waals surface area (Å²) < 4.78 is 5.70. The number of nitrogens with zero attached hydrogens (tertiary/aromatic N) is 3. The van der Waals surface area contributed by atoms with Crippen molar-refractivity contribution in [2.24, 2.45) is 0 Å². The highest BCUT2D eigenvalue weighted by Gasteiger charge is 2.32. The van der Waals surface area contributed by atoms with Crippen molar-refractivity contribution in [2.45, 2.75) is 26.3 Å². The van der Waals surface area contributed by atoms with Gasteiger partial charge in [-0.15, -0.1) is 0 Å². The van der Waals surface area contributed by atoms with Crippen molar-refractivity contribution in [3.8, 4) is 0 Å². The summed E-state index contributed by atoms with van der Waals surface area (Å²) in [4.78, 5) is 24.3. The van der Waals surface area contributed by atoms with Gasteiger partial charge in [-0.05, 0) is 20.0 Å². The zero-order valence-corrected chi connectivity index (χ0v) is 13.3. The van der Waals surface area contributed by atoms with Crippen LogP contribution in [0.2, 0.25) is 0 Å². The molecule has 0 aromatic carbocycles. The molecule has 1 aliphatic heterocycles. The third-order valence-corrected chi connectivity index (χ3v) is 4.28. The summed E-state index contributed by atoms with van der Waals surface area (Å²) in [5, 5.41) is 0. The molecule has 0 aliphatic carbocycles. The van der Waals surface area contributed by atoms with E-state index in [1.54, 1.807) is 6.20 Å². The molecule has 0 spiro atoms. The van der Waals surface area contributed by atoms with E-state index in [4.69, 9.17) is 4.42 Å². The zero-order chi connectivity index (χ0) is 15.7. The number of H-pyrrole nitrogens is 1. The van der Waals surface area contributed by atoms with Gasteiger partial charge in [0, 0.05) is 44.0 Å². The second-order valence-electron chi connectivity index (χ2n) is 5.80. The number of aromatic amines is 1. The Morgan fingerprint density at radius 3 is 2.95 bits per heavy atom. The van der Waals surface area contributed by atoms with Crippen LogP contribution in [-0.2, 0) is 6.42 Å². The van der Waals surface area contributed by atoms with Gasteiger partial charge in [0.25, 0.3) is 5.91 Å². The molecular weight excluding hydrogens is 280 g/mol. The van der Waals surface area contributed by atoms with E-state index in [9.17, 15) is 4.79 Å². The number of furan rings is 1. The molecule has 1 aliphatic rings. The van der Waals surface area contributed by atoms with Crippen LogP contribution < -0.4 is 0 Å². The number of carbonyl (C=O) groups excluding carboxylic acids is 1. The van der Waals surface area contributed by atoms with E-state index in [2.05, 4.69) is 21.9 Å². The monoisotopic (exact) mass is 302 g/mol. The van der Waals surface area contributed by atoms with Crippen LogP contribution in [-0.4, -0.2) is 52.4 Å². The molecule has 3 rings (SSSR count). The number of nitrogens with one attached hydrogen (secondary N) is 1. The number of amides is 1. The van der Waals surface area contributed by atoms with Crippen molar-refractivity contribution in [1.29, 1.82) is 0 Å². The van der Waals surface area contributed by atoms with Crippen LogP contribution >= 0.6 is 0 Å². The Labute approximate surface area is 130 Å². The lowest BCUT2D eigenvalue weighted by Gasteiger charge is -2.38. The SMILES string of the molecule is CCc1cc(C)c(C(=O)N2CCN(C)C(c3ncc[nH]3)C2)o1. The summed E-state index contributed by atoms with van der Waals surface area (Å²) in [6.45, 7) is 6.08. The van der Waals surface area contributed by atoms with E-state index in [0.717, 1.165) is 30.1 Å². The van der Waals surface area contributed by atoms with Gasteiger partial charge in [0.1, 0.15) is 11.6 Å². The Morgan fingerprint density at radius 1 is 1.50 bits per heavy atom. The maximum Gasteiger partial charge on any atom is 0.289 e. The molecule has 1 saturated heterocycles. The molecule has 1 amide bonds. The van der Waals surface area contributed by atoms with Gasteiger partial charge >= 0.3 is 0 Å². The molecule has 118 valence electrons. The highest BCUT2D eigenvalue weighted by Crippen LogP contribution is 2.24. The molecule has 0 radical (unpaired) electrons. The molecule has 2 aromatic rings. The van der Waals surface area contributed by atoms with Crippen molar-refractivity contribution in [1.82, 2.24) is 19.8 Å². The largest absolute Gasteiger partial charge is 0.456 e. The number of aromatic nitrogens is 2. The minimum atomic E-state index is -0.0261. The Morgan fingerprint density at radius 2 is 2.32 bits per heavy atom. The lowest BCUT2D eigenvalue weighted by molar-refractivity contribution is 0.0503. The first-order valence-corrected chi connectivity index (χ1v) is 7.68. The third kappa shape index (κ3) is 2.66. The Kier molecular flexibility index (Phi) is 4.02. The van der Waals surface area contributed by atoms with E-state index in [-0.39, 0.29) is 11.9 Å². The summed E-state index contributed by atoms with van der Waals surface area (Å²) >= 11 is 0. The van der Waals surface area contributed by atoms with Crippen LogP contribution in [0.4, 0.5) is 0 Å². The van der Waals surface area contributed by atoms with Crippen molar-refractivity contribution in [2.75, 3.05) is 26.7 Å². The molecule has 22 heavy (non-hydrogen) atoms. The van der Waals surface area contributed by atoms with Gasteiger partial charge in [0.2, 0.25) is 0 Å². The van der Waals surface area contributed by atoms with Crippen LogP contribution in [0.3, 0.4) is 0 Å². The summed E-state index contributed by atoms with van der Waals surface area (Å²) in [6.07, 6.45) is 4.36. The predicted molar refractivity (Wildman–Crippen MR) is 82.7 cm³/mol. The molecule has 2 aromatic heterocycles. The highest BCUT2D eigenvalue weighted by molar-refractivity contribution is 5.93. The van der Waals surface area contributed by atoms with Crippen molar-refractivity contribution < 1.29 is 9.21 Å². The number of carbonyl (C=O) groups is 1. The molecule has 1 fully saturated rings. The molecule has 6 heteroatoms. The van der Waals surface area contributed by atoms with Crippen LogP contribution in [0.25, 0.3) is 0 Å². The van der Waals surface area contributed by atoms with Crippen LogP contribution in [0, 0.1) is 6.92 Å². The predicted octanol–water partition coefficient (Wildman–Crippen LogP) is 2.00. The molecule has 1 unspecified atom stereocenters. The van der Waals surface area contributed by atoms with Crippen LogP contribution in [0.15, 0.2) is 22.9 Å². The van der Waals surface area contributed by atoms with E-state index < -0.39 is 0 Å². The van der Waals surface area contributed by atoms with Crippen molar-refractivity contribution in [3.05, 3.63) is 41.4 Å². The van der Waals surface area contributed by atoms with Crippen molar-refractivity contribution >= 4 is 5.91 Å². The van der Waals surface area contributed by atoms with Gasteiger partial charge in [-0.2, -0.15) is 0 Å². The molecule has 1 N–H and O–H groups in total. The topological polar surface area (TPSA) is 65.4 Å². The van der Waals surface area contributed by atoms with Gasteiger partial charge in [-0.3, -0.25) is 9.69 Å². The van der Waals surface area contributed by atoms with Gasteiger partial charge in [0.05, 0.1) is 6.04 Å². The van der Waals surface area contributed by atoms with Crippen LogP contribution in [0.1, 0.15) is 40.7 Å². The maximum absolute atomic E-state index is 12.8. The zero-order valence-electron chi connectivity index (χ0n) is 13.3. The lowest BCUT2D eigenvalue weighted by atomic mass is 10.1. The van der Waals surface area contributed by atoms with Gasteiger partial charge in [0.15, 0.2) is 5.76 Å². The first-order valence-electron chi connectivity index (χ1n) is 7.68. The quantitative estimate of drug-likeness (QED) is 0.942. The maximum atomic E-state index is 12.8. The number of rotatable bonds is 3. The summed E-state index contributed by atoms with van der Waals surface area (Å²) in [7, 11) is 2.06. The Hall–Kier alpha value is -2.08. The molecule has 0 bridgehead atoms. The van der Waals surface area contributed by atoms with E-state index in [0.29, 0.717) is 18.8 Å². The van der Waals surface area contributed by atoms with Gasteiger partial charge in [-0.25, -0.2) is 4.98 Å². The average molecular weight is 302 g/mol. The Bertz CT molecular complexity index is 647. The Balaban J connectivity index is 1.79. The molecule has 3 heterocycles. The number of hydrogen-bond donors (Lipinski definition) is 1. The number of hydrogen-bond acceptors (Lipinski definition) is 4. The fourth-order valence-corrected chi connectivity index (χ4v) is 2.89. The lowest BCUT2D eigenvalue weighted by Crippen LogP contribution is -2.49. The van der Waals surface area contributed by atoms with E-state index in [1.165, 1.54) is 0 Å². The second-order valence-corrected chi connectivity index (χ2v) is 5.80. The normalized spacial score (nSPS) is 19.6. The second kappa shape index (κ2) is 5.96. The van der Waals surface area contributed by atoms with Gasteiger partial charge < -0.3 is 14.3 Å². The third-order valence-electron chi connectivity index (χ3n) is 4.28. The number of imidazole rings is 1. The first-order chi connectivity index (χ1) is 10.6. The molecule has 0 saturated carbocycles. The minimum absolute atomic E-state index is 0.0261. The summed E-state index contributed by atoms with van der Waals surface area (Å²) in [5.41, 5.74) is 0.912. The van der Waals surface area contributed by atoms with E-state index in [1.807, 2.05) is 31.0 Å². The van der Waals surface area contributed by atoms with Crippen molar-refractivity contribution in [3.63, 3.8) is 0 Å². The summed E-state index contributed by atoms with van der Waals surface area (Å²) in [6, 6.07) is 2.04. The van der Waals surface area contributed by atoms with Crippen LogP contribution in [0.5, 0.6) is 0 Å². The number of piperazine rings is 1. The van der Waals surface area contributed by atoms with E-state index >= 15 is 0 Å². The number of aryl methyl sites for hydroxylation is 2. The number of likely N-dealkylation sites (N-methyl/N-ethyl adjacent to an activating group) is 1. The smallest absolute Gasteiger partial charge is 0.289 e. The fraction of sp³-hybridized carbons (Fsp3) is 0.500. The molecule has 1 atom stereocenters. The standard InChI is InChI=1S/C16H22N4O2/c1-4-12-9-11(2)14(22-12)16(21)20-8-7-19(3)13(10-20)15-17-5-6-18-15/h5-6,9,13H,4,7-8,10H2,1-3H3,(H,17,18). The molecular formula is C16H22N4O2. The summed E-state index contributed by atoms with van der Waals surface area (Å²) in [5.74, 6) is 2.20. The highest BCUT2D eigenvalue weighted by atomic mass is 16.4. The average Bonchev–Trinajstić information content (AvgIpc) is 3.16. The molecule has 6 nitrogen and oxygen atoms in total. The first kappa shape index (κ1) is 14.8. The minimum Gasteiger partial charge on any atom is -0.456 e.